The zero-order chi connectivity index (χ0) is 39.5. The van der Waals surface area contributed by atoms with Crippen molar-refractivity contribution in [3.63, 3.8) is 0 Å². The molecule has 2 nitrogen and oxygen atoms in total. The second kappa shape index (κ2) is 13.9. The summed E-state index contributed by atoms with van der Waals surface area (Å²) in [5, 5.41) is 2.24. The number of hydrogen-bond acceptors (Lipinski definition) is 2. The standard InChI is InChI=1S/C57H41NO/c1-57(2)53-22-11-9-18-47(53)48-34-28-42(36-54(48)57)40-26-31-44(32-27-40)58(43-29-24-39(25-30-43)38-14-5-3-6-15-38)45-33-35-46(41-16-7-4-8-17-41)52(37-45)51-21-13-20-50-49-19-10-12-23-55(49)59-56(50)51/h3-37H,1-2H3. The lowest BCUT2D eigenvalue weighted by Gasteiger charge is -2.27. The fourth-order valence-corrected chi connectivity index (χ4v) is 9.29. The van der Waals surface area contributed by atoms with Gasteiger partial charge in [0.1, 0.15) is 11.2 Å². The molecule has 0 bridgehead atoms. The summed E-state index contributed by atoms with van der Waals surface area (Å²) in [4.78, 5) is 2.37. The lowest BCUT2D eigenvalue weighted by atomic mass is 9.81. The Morgan fingerprint density at radius 3 is 1.61 bits per heavy atom. The zero-order valence-corrected chi connectivity index (χ0v) is 33.1. The van der Waals surface area contributed by atoms with Gasteiger partial charge in [0, 0.05) is 38.8 Å². The van der Waals surface area contributed by atoms with Crippen molar-refractivity contribution in [1.29, 1.82) is 0 Å². The molecule has 280 valence electrons. The van der Waals surface area contributed by atoms with E-state index in [2.05, 4.69) is 225 Å². The van der Waals surface area contributed by atoms with Crippen molar-refractivity contribution in [3.05, 3.63) is 223 Å². The number of hydrogen-bond donors (Lipinski definition) is 0. The predicted molar refractivity (Wildman–Crippen MR) is 248 cm³/mol. The van der Waals surface area contributed by atoms with E-state index in [4.69, 9.17) is 4.42 Å². The van der Waals surface area contributed by atoms with Gasteiger partial charge in [0.2, 0.25) is 0 Å². The van der Waals surface area contributed by atoms with Crippen LogP contribution in [0.1, 0.15) is 25.0 Å². The highest BCUT2D eigenvalue weighted by molar-refractivity contribution is 6.11. The van der Waals surface area contributed by atoms with Crippen LogP contribution in [0.2, 0.25) is 0 Å². The minimum atomic E-state index is -0.0547. The van der Waals surface area contributed by atoms with Crippen LogP contribution in [0.3, 0.4) is 0 Å². The minimum absolute atomic E-state index is 0.0547. The van der Waals surface area contributed by atoms with Crippen LogP contribution in [0.25, 0.3) is 77.6 Å². The summed E-state index contributed by atoms with van der Waals surface area (Å²) >= 11 is 0. The Morgan fingerprint density at radius 1 is 0.339 bits per heavy atom. The molecule has 0 radical (unpaired) electrons. The van der Waals surface area contributed by atoms with Crippen molar-refractivity contribution >= 4 is 39.0 Å². The summed E-state index contributed by atoms with van der Waals surface area (Å²) in [6.45, 7) is 4.69. The maximum Gasteiger partial charge on any atom is 0.143 e. The van der Waals surface area contributed by atoms with Crippen LogP contribution in [-0.2, 0) is 5.41 Å². The molecule has 0 atom stereocenters. The maximum absolute atomic E-state index is 6.65. The lowest BCUT2D eigenvalue weighted by Crippen LogP contribution is -2.14. The molecule has 10 aromatic rings. The van der Waals surface area contributed by atoms with Crippen molar-refractivity contribution in [2.24, 2.45) is 0 Å². The Labute approximate surface area is 345 Å². The van der Waals surface area contributed by atoms with Gasteiger partial charge in [0.05, 0.1) is 0 Å². The Balaban J connectivity index is 1.06. The van der Waals surface area contributed by atoms with Crippen molar-refractivity contribution in [2.75, 3.05) is 4.90 Å². The van der Waals surface area contributed by atoms with Gasteiger partial charge in [-0.05, 0) is 110 Å². The number of benzene rings is 9. The number of nitrogens with zero attached hydrogens (tertiary/aromatic N) is 1. The molecule has 11 rings (SSSR count). The molecule has 9 aromatic carbocycles. The topological polar surface area (TPSA) is 16.4 Å². The highest BCUT2D eigenvalue weighted by Crippen LogP contribution is 2.50. The number of anilines is 3. The van der Waals surface area contributed by atoms with Crippen molar-refractivity contribution in [1.82, 2.24) is 0 Å². The average molecular weight is 756 g/mol. The predicted octanol–water partition coefficient (Wildman–Crippen LogP) is 16.0. The van der Waals surface area contributed by atoms with Crippen LogP contribution in [0, 0.1) is 0 Å². The summed E-state index contributed by atoms with van der Waals surface area (Å²) in [5.41, 5.74) is 19.7. The van der Waals surface area contributed by atoms with Crippen molar-refractivity contribution in [3.8, 4) is 55.6 Å². The first-order valence-corrected chi connectivity index (χ1v) is 20.4. The van der Waals surface area contributed by atoms with Gasteiger partial charge in [-0.25, -0.2) is 0 Å². The SMILES string of the molecule is CC1(C)c2ccccc2-c2ccc(-c3ccc(N(c4ccc(-c5ccccc5)cc4)c4ccc(-c5ccccc5)c(-c5cccc6c5oc5ccccc56)c4)cc3)cc21. The monoisotopic (exact) mass is 755 g/mol. The average Bonchev–Trinajstić information content (AvgIpc) is 3.79. The molecule has 1 aromatic heterocycles. The first-order valence-electron chi connectivity index (χ1n) is 20.4. The van der Waals surface area contributed by atoms with Gasteiger partial charge in [-0.2, -0.15) is 0 Å². The summed E-state index contributed by atoms with van der Waals surface area (Å²) in [7, 11) is 0. The Kier molecular flexibility index (Phi) is 8.20. The summed E-state index contributed by atoms with van der Waals surface area (Å²) < 4.78 is 6.65. The van der Waals surface area contributed by atoms with Gasteiger partial charge in [-0.1, -0.05) is 178 Å². The van der Waals surface area contributed by atoms with Gasteiger partial charge in [-0.3, -0.25) is 0 Å². The van der Waals surface area contributed by atoms with E-state index in [0.717, 1.165) is 61.3 Å². The van der Waals surface area contributed by atoms with Crippen LogP contribution < -0.4 is 4.90 Å². The largest absolute Gasteiger partial charge is 0.455 e. The van der Waals surface area contributed by atoms with Gasteiger partial charge >= 0.3 is 0 Å². The molecule has 0 saturated carbocycles. The Hall–Kier alpha value is -7.42. The Bertz CT molecular complexity index is 3160. The molecule has 1 aliphatic rings. The number of rotatable bonds is 7. The van der Waals surface area contributed by atoms with Crippen LogP contribution in [0.4, 0.5) is 17.1 Å². The van der Waals surface area contributed by atoms with Gasteiger partial charge in [0.25, 0.3) is 0 Å². The molecule has 0 N–H and O–H groups in total. The summed E-state index contributed by atoms with van der Waals surface area (Å²) in [6.07, 6.45) is 0. The molecule has 0 amide bonds. The van der Waals surface area contributed by atoms with Crippen LogP contribution in [0.5, 0.6) is 0 Å². The second-order valence-electron chi connectivity index (χ2n) is 16.1. The molecule has 1 aliphatic carbocycles. The normalized spacial score (nSPS) is 12.7. The minimum Gasteiger partial charge on any atom is -0.455 e. The fourth-order valence-electron chi connectivity index (χ4n) is 9.29. The van der Waals surface area contributed by atoms with E-state index >= 15 is 0 Å². The lowest BCUT2D eigenvalue weighted by molar-refractivity contribution is 0.660. The fraction of sp³-hybridized carbons (Fsp3) is 0.0526. The summed E-state index contributed by atoms with van der Waals surface area (Å²) in [5.74, 6) is 0. The van der Waals surface area contributed by atoms with E-state index in [-0.39, 0.29) is 5.41 Å². The molecule has 0 saturated heterocycles. The number of furan rings is 1. The van der Waals surface area contributed by atoms with E-state index in [1.54, 1.807) is 0 Å². The quantitative estimate of drug-likeness (QED) is 0.161. The molecule has 0 spiro atoms. The van der Waals surface area contributed by atoms with Gasteiger partial charge in [-0.15, -0.1) is 0 Å². The maximum atomic E-state index is 6.65. The second-order valence-corrected chi connectivity index (χ2v) is 16.1. The van der Waals surface area contributed by atoms with Gasteiger partial charge in [0.15, 0.2) is 0 Å². The first kappa shape index (κ1) is 34.8. The van der Waals surface area contributed by atoms with E-state index in [9.17, 15) is 0 Å². The van der Waals surface area contributed by atoms with E-state index in [0.29, 0.717) is 0 Å². The first-order chi connectivity index (χ1) is 29.0. The van der Waals surface area contributed by atoms with Gasteiger partial charge < -0.3 is 9.32 Å². The van der Waals surface area contributed by atoms with Crippen LogP contribution in [-0.4, -0.2) is 0 Å². The Morgan fingerprint density at radius 2 is 0.864 bits per heavy atom. The third-order valence-electron chi connectivity index (χ3n) is 12.3. The van der Waals surface area contributed by atoms with E-state index in [1.807, 2.05) is 6.07 Å². The third kappa shape index (κ3) is 5.87. The molecular formula is C57H41NO. The highest BCUT2D eigenvalue weighted by Gasteiger charge is 2.35. The van der Waals surface area contributed by atoms with Crippen LogP contribution >= 0.6 is 0 Å². The molecule has 59 heavy (non-hydrogen) atoms. The third-order valence-corrected chi connectivity index (χ3v) is 12.3. The zero-order valence-electron chi connectivity index (χ0n) is 33.1. The number of para-hydroxylation sites is 2. The smallest absolute Gasteiger partial charge is 0.143 e. The van der Waals surface area contributed by atoms with Crippen LogP contribution in [0.15, 0.2) is 217 Å². The molecule has 2 heteroatoms. The molecule has 1 heterocycles. The summed E-state index contributed by atoms with van der Waals surface area (Å²) in [6, 6.07) is 76.8. The molecular weight excluding hydrogens is 715 g/mol. The van der Waals surface area contributed by atoms with E-state index < -0.39 is 0 Å². The molecule has 0 unspecified atom stereocenters. The van der Waals surface area contributed by atoms with Crippen molar-refractivity contribution < 1.29 is 4.42 Å². The highest BCUT2D eigenvalue weighted by atomic mass is 16.3. The van der Waals surface area contributed by atoms with Crippen molar-refractivity contribution in [2.45, 2.75) is 19.3 Å². The molecule has 0 fully saturated rings. The molecule has 0 aliphatic heterocycles. The van der Waals surface area contributed by atoms with E-state index in [1.165, 1.54) is 44.5 Å². The number of fused-ring (bicyclic) bond motifs is 6.